The molecule has 0 saturated heterocycles. The minimum atomic E-state index is -0.544. The SMILES string of the molecule is CC(C)CN(CC(N)=O)c1cccc(N)c1[N+](=O)[O-]. The molecule has 0 bridgehead atoms. The molecule has 0 atom stereocenters. The minimum Gasteiger partial charge on any atom is -0.393 e. The van der Waals surface area contributed by atoms with Crippen LogP contribution < -0.4 is 16.4 Å². The Morgan fingerprint density at radius 1 is 1.47 bits per heavy atom. The number of carbonyl (C=O) groups excluding carboxylic acids is 1. The molecule has 0 aliphatic heterocycles. The van der Waals surface area contributed by atoms with Crippen LogP contribution in [0.25, 0.3) is 0 Å². The molecule has 1 aromatic carbocycles. The van der Waals surface area contributed by atoms with Gasteiger partial charge in [-0.3, -0.25) is 14.9 Å². The predicted molar refractivity (Wildman–Crippen MR) is 73.8 cm³/mol. The molecule has 0 saturated carbocycles. The number of nitrogens with two attached hydrogens (primary N) is 2. The van der Waals surface area contributed by atoms with Gasteiger partial charge in [-0.25, -0.2) is 0 Å². The molecule has 0 aromatic heterocycles. The summed E-state index contributed by atoms with van der Waals surface area (Å²) in [5, 5.41) is 11.1. The van der Waals surface area contributed by atoms with Crippen LogP contribution in [0.1, 0.15) is 13.8 Å². The molecule has 7 nitrogen and oxygen atoms in total. The van der Waals surface area contributed by atoms with Crippen molar-refractivity contribution in [1.29, 1.82) is 0 Å². The zero-order valence-electron chi connectivity index (χ0n) is 11.0. The van der Waals surface area contributed by atoms with Crippen molar-refractivity contribution in [3.05, 3.63) is 28.3 Å². The lowest BCUT2D eigenvalue weighted by atomic mass is 10.1. The fourth-order valence-electron chi connectivity index (χ4n) is 1.88. The highest BCUT2D eigenvalue weighted by atomic mass is 16.6. The second-order valence-electron chi connectivity index (χ2n) is 4.71. The Labute approximate surface area is 111 Å². The van der Waals surface area contributed by atoms with Crippen LogP contribution in [0.15, 0.2) is 18.2 Å². The van der Waals surface area contributed by atoms with Gasteiger partial charge in [0.05, 0.1) is 11.5 Å². The molecule has 19 heavy (non-hydrogen) atoms. The molecule has 0 aliphatic rings. The fraction of sp³-hybridized carbons (Fsp3) is 0.417. The summed E-state index contributed by atoms with van der Waals surface area (Å²) in [6.07, 6.45) is 0. The normalized spacial score (nSPS) is 10.5. The number of nitrogens with zero attached hydrogens (tertiary/aromatic N) is 2. The minimum absolute atomic E-state index is 0.0701. The molecule has 0 heterocycles. The van der Waals surface area contributed by atoms with E-state index in [9.17, 15) is 14.9 Å². The Bertz CT molecular complexity index is 488. The van der Waals surface area contributed by atoms with Gasteiger partial charge in [-0.15, -0.1) is 0 Å². The van der Waals surface area contributed by atoms with Crippen molar-refractivity contribution in [2.45, 2.75) is 13.8 Å². The zero-order valence-corrected chi connectivity index (χ0v) is 11.0. The molecule has 1 aromatic rings. The first-order chi connectivity index (χ1) is 8.82. The van der Waals surface area contributed by atoms with Gasteiger partial charge in [-0.2, -0.15) is 0 Å². The molecule has 0 radical (unpaired) electrons. The standard InChI is InChI=1S/C12H18N4O3/c1-8(2)6-15(7-11(14)17)10-5-3-4-9(13)12(10)16(18)19/h3-5,8H,6-7,13H2,1-2H3,(H2,14,17). The zero-order chi connectivity index (χ0) is 14.6. The second-order valence-corrected chi connectivity index (χ2v) is 4.71. The van der Waals surface area contributed by atoms with E-state index in [-0.39, 0.29) is 23.8 Å². The Balaban J connectivity index is 3.24. The number of rotatable bonds is 6. The lowest BCUT2D eigenvalue weighted by Crippen LogP contribution is -2.36. The van der Waals surface area contributed by atoms with Crippen molar-refractivity contribution < 1.29 is 9.72 Å². The van der Waals surface area contributed by atoms with E-state index in [1.807, 2.05) is 13.8 Å². The van der Waals surface area contributed by atoms with E-state index in [0.29, 0.717) is 12.2 Å². The van der Waals surface area contributed by atoms with Crippen molar-refractivity contribution in [1.82, 2.24) is 0 Å². The van der Waals surface area contributed by atoms with E-state index in [4.69, 9.17) is 11.5 Å². The third kappa shape index (κ3) is 3.84. The molecule has 1 amide bonds. The van der Waals surface area contributed by atoms with Crippen LogP contribution in [0.5, 0.6) is 0 Å². The van der Waals surface area contributed by atoms with E-state index in [1.54, 1.807) is 17.0 Å². The number of anilines is 2. The number of hydrogen-bond donors (Lipinski definition) is 2. The van der Waals surface area contributed by atoms with Gasteiger partial charge in [-0.05, 0) is 18.1 Å². The fourth-order valence-corrected chi connectivity index (χ4v) is 1.88. The molecule has 104 valence electrons. The monoisotopic (exact) mass is 266 g/mol. The number of para-hydroxylation sites is 1. The molecule has 0 unspecified atom stereocenters. The molecular formula is C12H18N4O3. The highest BCUT2D eigenvalue weighted by Crippen LogP contribution is 2.33. The van der Waals surface area contributed by atoms with Crippen molar-refractivity contribution in [3.63, 3.8) is 0 Å². The average molecular weight is 266 g/mol. The average Bonchev–Trinajstić information content (AvgIpc) is 2.25. The third-order valence-electron chi connectivity index (χ3n) is 2.50. The van der Waals surface area contributed by atoms with E-state index in [0.717, 1.165) is 0 Å². The van der Waals surface area contributed by atoms with Crippen LogP contribution in [-0.4, -0.2) is 23.9 Å². The summed E-state index contributed by atoms with van der Waals surface area (Å²) < 4.78 is 0. The van der Waals surface area contributed by atoms with Crippen LogP contribution in [0.2, 0.25) is 0 Å². The quantitative estimate of drug-likeness (QED) is 0.455. The van der Waals surface area contributed by atoms with Gasteiger partial charge in [-0.1, -0.05) is 19.9 Å². The predicted octanol–water partition coefficient (Wildman–Crippen LogP) is 1.12. The van der Waals surface area contributed by atoms with Crippen LogP contribution >= 0.6 is 0 Å². The van der Waals surface area contributed by atoms with Gasteiger partial charge in [0.15, 0.2) is 0 Å². The van der Waals surface area contributed by atoms with E-state index >= 15 is 0 Å². The molecule has 0 spiro atoms. The first-order valence-electron chi connectivity index (χ1n) is 5.89. The number of nitro benzene ring substituents is 1. The first kappa shape index (κ1) is 14.7. The van der Waals surface area contributed by atoms with E-state index in [2.05, 4.69) is 0 Å². The Morgan fingerprint density at radius 2 is 2.11 bits per heavy atom. The Kier molecular flexibility index (Phi) is 4.68. The van der Waals surface area contributed by atoms with Gasteiger partial charge in [0.25, 0.3) is 0 Å². The smallest absolute Gasteiger partial charge is 0.315 e. The second kappa shape index (κ2) is 6.03. The van der Waals surface area contributed by atoms with E-state index < -0.39 is 10.8 Å². The summed E-state index contributed by atoms with van der Waals surface area (Å²) in [5.41, 5.74) is 11.0. The molecule has 0 fully saturated rings. The van der Waals surface area contributed by atoms with Crippen molar-refractivity contribution in [2.24, 2.45) is 11.7 Å². The number of nitrogen functional groups attached to an aromatic ring is 1. The van der Waals surface area contributed by atoms with Gasteiger partial charge in [0.1, 0.15) is 11.4 Å². The van der Waals surface area contributed by atoms with Crippen LogP contribution in [0, 0.1) is 16.0 Å². The summed E-state index contributed by atoms with van der Waals surface area (Å²) in [4.78, 5) is 23.3. The highest BCUT2D eigenvalue weighted by Gasteiger charge is 2.23. The topological polar surface area (TPSA) is 115 Å². The summed E-state index contributed by atoms with van der Waals surface area (Å²) >= 11 is 0. The molecular weight excluding hydrogens is 248 g/mol. The number of amides is 1. The molecule has 4 N–H and O–H groups in total. The highest BCUT2D eigenvalue weighted by molar-refractivity contribution is 5.83. The number of carbonyl (C=O) groups is 1. The lowest BCUT2D eigenvalue weighted by Gasteiger charge is -2.25. The largest absolute Gasteiger partial charge is 0.393 e. The van der Waals surface area contributed by atoms with Crippen molar-refractivity contribution in [2.75, 3.05) is 23.7 Å². The number of nitro groups is 1. The molecule has 1 rings (SSSR count). The number of hydrogen-bond acceptors (Lipinski definition) is 5. The maximum Gasteiger partial charge on any atom is 0.315 e. The van der Waals surface area contributed by atoms with Crippen LogP contribution in [-0.2, 0) is 4.79 Å². The maximum atomic E-state index is 11.1. The maximum absolute atomic E-state index is 11.1. The first-order valence-corrected chi connectivity index (χ1v) is 5.89. The summed E-state index contributed by atoms with van der Waals surface area (Å²) in [5.74, 6) is -0.322. The Hall–Kier alpha value is -2.31. The van der Waals surface area contributed by atoms with Crippen LogP contribution in [0.3, 0.4) is 0 Å². The summed E-state index contributed by atoms with van der Waals surface area (Å²) in [6, 6.07) is 4.64. The van der Waals surface area contributed by atoms with Gasteiger partial charge in [0.2, 0.25) is 5.91 Å². The van der Waals surface area contributed by atoms with Crippen molar-refractivity contribution in [3.8, 4) is 0 Å². The third-order valence-corrected chi connectivity index (χ3v) is 2.50. The van der Waals surface area contributed by atoms with Gasteiger partial charge in [0, 0.05) is 6.54 Å². The van der Waals surface area contributed by atoms with Crippen LogP contribution in [0.4, 0.5) is 17.1 Å². The Morgan fingerprint density at radius 3 is 2.58 bits per heavy atom. The summed E-state index contributed by atoms with van der Waals surface area (Å²) in [7, 11) is 0. The van der Waals surface area contributed by atoms with E-state index in [1.165, 1.54) is 6.07 Å². The molecule has 0 aliphatic carbocycles. The summed E-state index contributed by atoms with van der Waals surface area (Å²) in [6.45, 7) is 4.30. The van der Waals surface area contributed by atoms with Gasteiger partial charge >= 0.3 is 5.69 Å². The lowest BCUT2D eigenvalue weighted by molar-refractivity contribution is -0.383. The van der Waals surface area contributed by atoms with Gasteiger partial charge < -0.3 is 16.4 Å². The number of benzene rings is 1. The number of primary amides is 1. The molecule has 7 heteroatoms. The van der Waals surface area contributed by atoms with Crippen molar-refractivity contribution >= 4 is 23.0 Å².